The quantitative estimate of drug-likeness (QED) is 0.674. The lowest BCUT2D eigenvalue weighted by molar-refractivity contribution is -0.123. The van der Waals surface area contributed by atoms with Crippen molar-refractivity contribution in [3.63, 3.8) is 0 Å². The topological polar surface area (TPSA) is 32.7 Å². The third-order valence-corrected chi connectivity index (χ3v) is 7.05. The second-order valence-electron chi connectivity index (χ2n) is 9.41. The summed E-state index contributed by atoms with van der Waals surface area (Å²) in [6, 6.07) is 8.53. The first-order chi connectivity index (χ1) is 12.1. The summed E-state index contributed by atoms with van der Waals surface area (Å²) >= 11 is 1.82. The van der Waals surface area contributed by atoms with Gasteiger partial charge in [-0.3, -0.25) is 4.79 Å². The molecule has 1 aliphatic carbocycles. The molecule has 0 bridgehead atoms. The molecular weight excluding hydrogens is 340 g/mol. The highest BCUT2D eigenvalue weighted by molar-refractivity contribution is 8.14. The molecule has 1 aromatic carbocycles. The van der Waals surface area contributed by atoms with Crippen LogP contribution in [0.15, 0.2) is 29.3 Å². The van der Waals surface area contributed by atoms with Crippen molar-refractivity contribution in [2.75, 3.05) is 11.4 Å². The van der Waals surface area contributed by atoms with Crippen LogP contribution in [0.4, 0.5) is 5.69 Å². The molecule has 1 saturated carbocycles. The lowest BCUT2D eigenvalue weighted by atomic mass is 9.71. The van der Waals surface area contributed by atoms with Crippen molar-refractivity contribution in [1.29, 1.82) is 0 Å². The van der Waals surface area contributed by atoms with Gasteiger partial charge in [-0.05, 0) is 48.6 Å². The fourth-order valence-corrected chi connectivity index (χ4v) is 5.55. The molecule has 1 aromatic rings. The SMILES string of the molecule is CCN(C1=NC(=O)C2CC(C)(C)CCC2S1)c1ccccc1C(C)(C)C. The molecule has 0 saturated heterocycles. The highest BCUT2D eigenvalue weighted by Gasteiger charge is 2.43. The van der Waals surface area contributed by atoms with Gasteiger partial charge in [0.2, 0.25) is 0 Å². The van der Waals surface area contributed by atoms with Gasteiger partial charge in [-0.2, -0.15) is 4.99 Å². The minimum Gasteiger partial charge on any atom is -0.321 e. The Morgan fingerprint density at radius 3 is 2.62 bits per heavy atom. The van der Waals surface area contributed by atoms with Gasteiger partial charge < -0.3 is 4.90 Å². The van der Waals surface area contributed by atoms with Gasteiger partial charge in [-0.1, -0.05) is 64.6 Å². The molecule has 2 atom stereocenters. The molecule has 1 aliphatic heterocycles. The number of thioether (sulfide) groups is 1. The van der Waals surface area contributed by atoms with E-state index in [2.05, 4.69) is 75.7 Å². The zero-order valence-corrected chi connectivity index (χ0v) is 17.8. The van der Waals surface area contributed by atoms with E-state index in [0.717, 1.165) is 24.6 Å². The van der Waals surface area contributed by atoms with Crippen LogP contribution in [0, 0.1) is 11.3 Å². The summed E-state index contributed by atoms with van der Waals surface area (Å²) in [5.74, 6) is 0.173. The van der Waals surface area contributed by atoms with Crippen molar-refractivity contribution in [2.24, 2.45) is 16.3 Å². The molecular formula is C22H32N2OS. The second-order valence-corrected chi connectivity index (χ2v) is 10.6. The first-order valence-electron chi connectivity index (χ1n) is 9.78. The average Bonchev–Trinajstić information content (AvgIpc) is 2.55. The molecule has 142 valence electrons. The smallest absolute Gasteiger partial charge is 0.252 e. The number of carbonyl (C=O) groups is 1. The van der Waals surface area contributed by atoms with E-state index >= 15 is 0 Å². The number of amides is 1. The van der Waals surface area contributed by atoms with E-state index in [9.17, 15) is 4.79 Å². The molecule has 1 heterocycles. The van der Waals surface area contributed by atoms with Crippen LogP contribution < -0.4 is 4.90 Å². The van der Waals surface area contributed by atoms with Gasteiger partial charge in [0.1, 0.15) is 0 Å². The summed E-state index contributed by atoms with van der Waals surface area (Å²) in [5.41, 5.74) is 2.78. The summed E-state index contributed by atoms with van der Waals surface area (Å²) in [4.78, 5) is 19.6. The van der Waals surface area contributed by atoms with E-state index in [1.54, 1.807) is 0 Å². The van der Waals surface area contributed by atoms with Crippen molar-refractivity contribution in [3.8, 4) is 0 Å². The number of nitrogens with zero attached hydrogens (tertiary/aromatic N) is 2. The number of amidine groups is 1. The largest absolute Gasteiger partial charge is 0.321 e. The Kier molecular flexibility index (Phi) is 5.26. The zero-order chi connectivity index (χ0) is 19.1. The third-order valence-electron chi connectivity index (χ3n) is 5.66. The van der Waals surface area contributed by atoms with Crippen LogP contribution in [0.25, 0.3) is 0 Å². The Bertz CT molecular complexity index is 717. The maximum atomic E-state index is 12.8. The Labute approximate surface area is 162 Å². The summed E-state index contributed by atoms with van der Waals surface area (Å²) in [5, 5.41) is 1.26. The standard InChI is InChI=1S/C22H32N2OS/c1-7-24(17-11-9-8-10-16(17)21(2,3)4)20-23-19(25)15-14-22(5,6)13-12-18(15)26-20/h8-11,15,18H,7,12-14H2,1-6H3. The highest BCUT2D eigenvalue weighted by Crippen LogP contribution is 2.47. The van der Waals surface area contributed by atoms with Gasteiger partial charge in [-0.25, -0.2) is 0 Å². The summed E-state index contributed by atoms with van der Waals surface area (Å²) in [6.07, 6.45) is 3.25. The number of hydrogen-bond acceptors (Lipinski definition) is 3. The molecule has 4 heteroatoms. The molecule has 0 spiro atoms. The Hall–Kier alpha value is -1.29. The van der Waals surface area contributed by atoms with Crippen LogP contribution in [-0.2, 0) is 10.2 Å². The third kappa shape index (κ3) is 3.85. The Morgan fingerprint density at radius 1 is 1.27 bits per heavy atom. The lowest BCUT2D eigenvalue weighted by Crippen LogP contribution is -2.43. The number of rotatable bonds is 2. The molecule has 0 radical (unpaired) electrons. The summed E-state index contributed by atoms with van der Waals surface area (Å²) < 4.78 is 0. The van der Waals surface area contributed by atoms with Gasteiger partial charge in [-0.15, -0.1) is 0 Å². The van der Waals surface area contributed by atoms with E-state index < -0.39 is 0 Å². The van der Waals surface area contributed by atoms with Gasteiger partial charge in [0.25, 0.3) is 5.91 Å². The Morgan fingerprint density at radius 2 is 1.96 bits per heavy atom. The molecule has 0 aromatic heterocycles. The predicted octanol–water partition coefficient (Wildman–Crippen LogP) is 5.63. The summed E-state index contributed by atoms with van der Waals surface area (Å²) in [7, 11) is 0. The van der Waals surface area contributed by atoms with Crippen LogP contribution >= 0.6 is 11.8 Å². The van der Waals surface area contributed by atoms with Gasteiger partial charge >= 0.3 is 0 Å². The van der Waals surface area contributed by atoms with Crippen molar-refractivity contribution >= 4 is 28.5 Å². The molecule has 2 aliphatic rings. The first kappa shape index (κ1) is 19.5. The Balaban J connectivity index is 1.94. The van der Waals surface area contributed by atoms with Gasteiger partial charge in [0.15, 0.2) is 5.17 Å². The first-order valence-corrected chi connectivity index (χ1v) is 10.7. The fourth-order valence-electron chi connectivity index (χ4n) is 4.17. The van der Waals surface area contributed by atoms with Crippen molar-refractivity contribution in [2.45, 2.75) is 71.5 Å². The van der Waals surface area contributed by atoms with E-state index in [4.69, 9.17) is 0 Å². The number of para-hydroxylation sites is 1. The molecule has 26 heavy (non-hydrogen) atoms. The zero-order valence-electron chi connectivity index (χ0n) is 17.0. The number of hydrogen-bond donors (Lipinski definition) is 0. The highest BCUT2D eigenvalue weighted by atomic mass is 32.2. The van der Waals surface area contributed by atoms with E-state index in [1.807, 2.05) is 11.8 Å². The predicted molar refractivity (Wildman–Crippen MR) is 113 cm³/mol. The summed E-state index contributed by atoms with van der Waals surface area (Å²) in [6.45, 7) is 14.2. The number of aliphatic imine (C=N–C) groups is 1. The molecule has 1 fully saturated rings. The monoisotopic (exact) mass is 372 g/mol. The van der Waals surface area contributed by atoms with Crippen molar-refractivity contribution in [1.82, 2.24) is 0 Å². The number of carbonyl (C=O) groups excluding carboxylic acids is 1. The fraction of sp³-hybridized carbons (Fsp3) is 0.636. The normalized spacial score (nSPS) is 25.5. The van der Waals surface area contributed by atoms with Crippen LogP contribution in [0.5, 0.6) is 0 Å². The van der Waals surface area contributed by atoms with Gasteiger partial charge in [0, 0.05) is 17.5 Å². The van der Waals surface area contributed by atoms with Crippen LogP contribution in [0.2, 0.25) is 0 Å². The van der Waals surface area contributed by atoms with Gasteiger partial charge in [0.05, 0.1) is 5.92 Å². The van der Waals surface area contributed by atoms with Crippen molar-refractivity contribution < 1.29 is 4.79 Å². The molecule has 3 nitrogen and oxygen atoms in total. The van der Waals surface area contributed by atoms with E-state index in [1.165, 1.54) is 17.7 Å². The number of benzene rings is 1. The van der Waals surface area contributed by atoms with Crippen LogP contribution in [0.3, 0.4) is 0 Å². The van der Waals surface area contributed by atoms with Crippen LogP contribution in [-0.4, -0.2) is 22.9 Å². The van der Waals surface area contributed by atoms with E-state index in [0.29, 0.717) is 5.25 Å². The molecule has 0 N–H and O–H groups in total. The maximum absolute atomic E-state index is 12.8. The maximum Gasteiger partial charge on any atom is 0.252 e. The number of fused-ring (bicyclic) bond motifs is 1. The molecule has 1 amide bonds. The van der Waals surface area contributed by atoms with Crippen LogP contribution in [0.1, 0.15) is 66.4 Å². The average molecular weight is 373 g/mol. The molecule has 3 rings (SSSR count). The minimum atomic E-state index is 0.0469. The van der Waals surface area contributed by atoms with Crippen molar-refractivity contribution in [3.05, 3.63) is 29.8 Å². The lowest BCUT2D eigenvalue weighted by Gasteiger charge is -2.42. The molecule has 2 unspecified atom stereocenters. The van der Waals surface area contributed by atoms with E-state index in [-0.39, 0.29) is 22.7 Å². The minimum absolute atomic E-state index is 0.0469. The number of anilines is 1. The second kappa shape index (κ2) is 7.03.